The molecule has 1 N–H and O–H groups in total. The summed E-state index contributed by atoms with van der Waals surface area (Å²) in [5, 5.41) is 3.33. The fraction of sp³-hybridized carbons (Fsp3) is 0.286. The van der Waals surface area contributed by atoms with E-state index in [1.54, 1.807) is 24.4 Å². The van der Waals surface area contributed by atoms with E-state index in [9.17, 15) is 9.18 Å². The highest BCUT2D eigenvalue weighted by Crippen LogP contribution is 2.27. The van der Waals surface area contributed by atoms with Gasteiger partial charge in [-0.15, -0.1) is 11.3 Å². The van der Waals surface area contributed by atoms with Crippen molar-refractivity contribution in [1.82, 2.24) is 15.3 Å². The molecule has 3 aromatic rings. The number of ether oxygens (including phenoxy) is 1. The standard InChI is InChI=1S/C21H20FN3O2S/c22-17-8-4-3-7-16(17)21-25-13-18(28-21)20(26)24-12-14-9-10-19(23-11-14)27-15-5-1-2-6-15/h3-4,7-11,13,15H,1-2,5-6,12H2,(H,24,26). The first-order chi connectivity index (χ1) is 13.7. The molecule has 2 heterocycles. The van der Waals surface area contributed by atoms with Gasteiger partial charge in [0.1, 0.15) is 21.8 Å². The number of pyridine rings is 1. The number of hydrogen-bond acceptors (Lipinski definition) is 5. The topological polar surface area (TPSA) is 64.1 Å². The largest absolute Gasteiger partial charge is 0.474 e. The molecule has 0 spiro atoms. The number of nitrogens with one attached hydrogen (secondary N) is 1. The van der Waals surface area contributed by atoms with Crippen LogP contribution in [-0.4, -0.2) is 22.0 Å². The number of halogens is 1. The van der Waals surface area contributed by atoms with Crippen molar-refractivity contribution in [1.29, 1.82) is 0 Å². The van der Waals surface area contributed by atoms with Crippen LogP contribution in [0.15, 0.2) is 48.8 Å². The van der Waals surface area contributed by atoms with E-state index in [-0.39, 0.29) is 17.8 Å². The molecule has 0 radical (unpaired) electrons. The fourth-order valence-corrected chi connectivity index (χ4v) is 4.03. The zero-order valence-electron chi connectivity index (χ0n) is 15.2. The molecule has 1 aromatic carbocycles. The maximum absolute atomic E-state index is 13.9. The Morgan fingerprint density at radius 2 is 1.96 bits per heavy atom. The summed E-state index contributed by atoms with van der Waals surface area (Å²) in [5.74, 6) is 0.0279. The summed E-state index contributed by atoms with van der Waals surface area (Å²) in [4.78, 5) is 21.3. The molecule has 144 valence electrons. The molecule has 1 aliphatic rings. The molecule has 1 aliphatic carbocycles. The van der Waals surface area contributed by atoms with E-state index in [0.717, 1.165) is 29.7 Å². The number of rotatable bonds is 6. The molecule has 4 rings (SSSR count). The minimum atomic E-state index is -0.352. The lowest BCUT2D eigenvalue weighted by Gasteiger charge is -2.12. The van der Waals surface area contributed by atoms with Gasteiger partial charge >= 0.3 is 0 Å². The van der Waals surface area contributed by atoms with E-state index in [1.807, 2.05) is 12.1 Å². The average Bonchev–Trinajstić information content (AvgIpc) is 3.40. The summed E-state index contributed by atoms with van der Waals surface area (Å²) < 4.78 is 19.7. The van der Waals surface area contributed by atoms with Crippen molar-refractivity contribution >= 4 is 17.2 Å². The van der Waals surface area contributed by atoms with E-state index >= 15 is 0 Å². The molecule has 0 aliphatic heterocycles. The Labute approximate surface area is 166 Å². The van der Waals surface area contributed by atoms with Gasteiger partial charge in [0.25, 0.3) is 5.91 Å². The molecule has 0 atom stereocenters. The van der Waals surface area contributed by atoms with Crippen LogP contribution in [-0.2, 0) is 6.54 Å². The fourth-order valence-electron chi connectivity index (χ4n) is 3.17. The van der Waals surface area contributed by atoms with Gasteiger partial charge in [-0.25, -0.2) is 14.4 Å². The third-order valence-electron chi connectivity index (χ3n) is 4.67. The normalized spacial score (nSPS) is 14.2. The number of benzene rings is 1. The first kappa shape index (κ1) is 18.6. The molecule has 1 fully saturated rings. The summed E-state index contributed by atoms with van der Waals surface area (Å²) >= 11 is 1.16. The highest BCUT2D eigenvalue weighted by Gasteiger charge is 2.17. The van der Waals surface area contributed by atoms with E-state index in [4.69, 9.17) is 4.74 Å². The van der Waals surface area contributed by atoms with Gasteiger partial charge in [0.05, 0.1) is 6.20 Å². The van der Waals surface area contributed by atoms with Crippen molar-refractivity contribution in [2.75, 3.05) is 0 Å². The Balaban J connectivity index is 1.33. The molecule has 1 amide bonds. The summed E-state index contributed by atoms with van der Waals surface area (Å²) in [6.07, 6.45) is 8.05. The second-order valence-corrected chi connectivity index (χ2v) is 7.75. The second-order valence-electron chi connectivity index (χ2n) is 6.72. The minimum absolute atomic E-state index is 0.244. The van der Waals surface area contributed by atoms with Crippen molar-refractivity contribution in [3.8, 4) is 16.5 Å². The van der Waals surface area contributed by atoms with Crippen LogP contribution in [0.2, 0.25) is 0 Å². The number of amides is 1. The van der Waals surface area contributed by atoms with Gasteiger partial charge in [0.15, 0.2) is 0 Å². The summed E-state index contributed by atoms with van der Waals surface area (Å²) in [7, 11) is 0. The minimum Gasteiger partial charge on any atom is -0.474 e. The zero-order chi connectivity index (χ0) is 19.3. The van der Waals surface area contributed by atoms with Gasteiger partial charge in [-0.1, -0.05) is 18.2 Å². The van der Waals surface area contributed by atoms with Crippen molar-refractivity contribution in [2.24, 2.45) is 0 Å². The number of carbonyl (C=O) groups is 1. The Morgan fingerprint density at radius 3 is 2.71 bits per heavy atom. The number of hydrogen-bond donors (Lipinski definition) is 1. The van der Waals surface area contributed by atoms with Gasteiger partial charge in [0.2, 0.25) is 5.88 Å². The molecule has 5 nitrogen and oxygen atoms in total. The smallest absolute Gasteiger partial charge is 0.263 e. The van der Waals surface area contributed by atoms with Gasteiger partial charge in [0, 0.05) is 24.4 Å². The average molecular weight is 397 g/mol. The summed E-state index contributed by atoms with van der Waals surface area (Å²) in [5.41, 5.74) is 1.28. The van der Waals surface area contributed by atoms with E-state index in [1.165, 1.54) is 25.1 Å². The molecule has 2 aromatic heterocycles. The first-order valence-electron chi connectivity index (χ1n) is 9.29. The van der Waals surface area contributed by atoms with Crippen molar-refractivity contribution in [3.05, 3.63) is 65.0 Å². The van der Waals surface area contributed by atoms with Crippen LogP contribution >= 0.6 is 11.3 Å². The molecule has 0 unspecified atom stereocenters. The Kier molecular flexibility index (Phi) is 5.62. The van der Waals surface area contributed by atoms with Gasteiger partial charge in [-0.3, -0.25) is 4.79 Å². The maximum atomic E-state index is 13.9. The summed E-state index contributed by atoms with van der Waals surface area (Å²) in [6, 6.07) is 10.1. The quantitative estimate of drug-likeness (QED) is 0.660. The van der Waals surface area contributed by atoms with Gasteiger partial charge in [-0.2, -0.15) is 0 Å². The lowest BCUT2D eigenvalue weighted by molar-refractivity contribution is 0.0954. The van der Waals surface area contributed by atoms with E-state index in [0.29, 0.717) is 27.9 Å². The number of aromatic nitrogens is 2. The molecule has 28 heavy (non-hydrogen) atoms. The monoisotopic (exact) mass is 397 g/mol. The van der Waals surface area contributed by atoms with Crippen LogP contribution in [0.25, 0.3) is 10.6 Å². The third-order valence-corrected chi connectivity index (χ3v) is 5.70. The molecule has 1 saturated carbocycles. The van der Waals surface area contributed by atoms with Crippen LogP contribution in [0, 0.1) is 5.82 Å². The van der Waals surface area contributed by atoms with Gasteiger partial charge in [-0.05, 0) is 43.4 Å². The molecular formula is C21H20FN3O2S. The van der Waals surface area contributed by atoms with Crippen molar-refractivity contribution in [2.45, 2.75) is 38.3 Å². The van der Waals surface area contributed by atoms with Crippen LogP contribution in [0.3, 0.4) is 0 Å². The summed E-state index contributed by atoms with van der Waals surface area (Å²) in [6.45, 7) is 0.350. The number of carbonyl (C=O) groups excluding carboxylic acids is 1. The van der Waals surface area contributed by atoms with Crippen LogP contribution in [0.1, 0.15) is 40.9 Å². The van der Waals surface area contributed by atoms with E-state index in [2.05, 4.69) is 15.3 Å². The first-order valence-corrected chi connectivity index (χ1v) is 10.1. The maximum Gasteiger partial charge on any atom is 0.263 e. The van der Waals surface area contributed by atoms with Crippen LogP contribution < -0.4 is 10.1 Å². The predicted octanol–water partition coefficient (Wildman–Crippen LogP) is 4.60. The highest BCUT2D eigenvalue weighted by atomic mass is 32.1. The van der Waals surface area contributed by atoms with Crippen molar-refractivity contribution in [3.63, 3.8) is 0 Å². The zero-order valence-corrected chi connectivity index (χ0v) is 16.0. The van der Waals surface area contributed by atoms with Crippen LogP contribution in [0.4, 0.5) is 4.39 Å². The lowest BCUT2D eigenvalue weighted by atomic mass is 10.2. The van der Waals surface area contributed by atoms with Crippen molar-refractivity contribution < 1.29 is 13.9 Å². The number of thiazole rings is 1. The Morgan fingerprint density at radius 1 is 1.14 bits per heavy atom. The highest BCUT2D eigenvalue weighted by molar-refractivity contribution is 7.16. The Hall–Kier alpha value is -2.80. The number of nitrogens with zero attached hydrogens (tertiary/aromatic N) is 2. The third kappa shape index (κ3) is 4.36. The molecular weight excluding hydrogens is 377 g/mol. The Bertz CT molecular complexity index is 952. The van der Waals surface area contributed by atoms with E-state index < -0.39 is 0 Å². The van der Waals surface area contributed by atoms with Crippen LogP contribution in [0.5, 0.6) is 5.88 Å². The second kappa shape index (κ2) is 8.48. The predicted molar refractivity (Wildman–Crippen MR) is 106 cm³/mol. The SMILES string of the molecule is O=C(NCc1ccc(OC2CCCC2)nc1)c1cnc(-c2ccccc2F)s1. The lowest BCUT2D eigenvalue weighted by Crippen LogP contribution is -2.21. The molecule has 0 bridgehead atoms. The molecule has 0 saturated heterocycles. The van der Waals surface area contributed by atoms with Gasteiger partial charge < -0.3 is 10.1 Å². The molecule has 7 heteroatoms.